The molecule has 0 unspecified atom stereocenters. The smallest absolute Gasteiger partial charge is 0.296 e. The van der Waals surface area contributed by atoms with Gasteiger partial charge < -0.3 is 19.1 Å². The average molecular weight is 462 g/mol. The van der Waals surface area contributed by atoms with Crippen LogP contribution in [0, 0.1) is 0 Å². The molecule has 0 bridgehead atoms. The van der Waals surface area contributed by atoms with Crippen molar-refractivity contribution in [2.45, 2.75) is 6.61 Å². The molecule has 1 fully saturated rings. The second-order valence-corrected chi connectivity index (χ2v) is 7.96. The van der Waals surface area contributed by atoms with Gasteiger partial charge in [0.25, 0.3) is 11.1 Å². The van der Waals surface area contributed by atoms with Gasteiger partial charge in [-0.2, -0.15) is 0 Å². The van der Waals surface area contributed by atoms with Crippen molar-refractivity contribution < 1.29 is 19.0 Å². The second kappa shape index (κ2) is 9.90. The summed E-state index contributed by atoms with van der Waals surface area (Å²) >= 11 is 7.03. The number of pyridine rings is 1. The molecule has 0 radical (unpaired) electrons. The fourth-order valence-electron chi connectivity index (χ4n) is 2.99. The van der Waals surface area contributed by atoms with E-state index in [9.17, 15) is 4.79 Å². The Labute approximate surface area is 187 Å². The molecule has 4 rings (SSSR count). The summed E-state index contributed by atoms with van der Waals surface area (Å²) in [5, 5.41) is 12.1. The number of ether oxygens (including phenoxy) is 3. The maximum Gasteiger partial charge on any atom is 0.296 e. The van der Waals surface area contributed by atoms with Crippen LogP contribution in [0.2, 0.25) is 5.02 Å². The zero-order valence-electron chi connectivity index (χ0n) is 16.7. The van der Waals surface area contributed by atoms with Crippen LogP contribution < -0.4 is 19.7 Å². The van der Waals surface area contributed by atoms with E-state index in [1.54, 1.807) is 18.2 Å². The first-order valence-corrected chi connectivity index (χ1v) is 10.7. The van der Waals surface area contributed by atoms with Crippen molar-refractivity contribution in [3.05, 3.63) is 52.7 Å². The zero-order chi connectivity index (χ0) is 21.6. The maximum atomic E-state index is 12.9. The molecule has 1 saturated heterocycles. The molecule has 31 heavy (non-hydrogen) atoms. The molecule has 1 aliphatic rings. The van der Waals surface area contributed by atoms with Crippen LogP contribution in [0.3, 0.4) is 0 Å². The van der Waals surface area contributed by atoms with E-state index in [0.717, 1.165) is 22.6 Å². The van der Waals surface area contributed by atoms with E-state index in [4.69, 9.17) is 25.8 Å². The summed E-state index contributed by atoms with van der Waals surface area (Å²) in [5.41, 5.74) is 2.10. The number of methoxy groups -OCH3 is 1. The molecule has 1 aromatic carbocycles. The zero-order valence-corrected chi connectivity index (χ0v) is 18.3. The number of aromatic nitrogens is 3. The minimum atomic E-state index is -0.336. The number of nitrogens with zero attached hydrogens (tertiary/aromatic N) is 4. The van der Waals surface area contributed by atoms with Gasteiger partial charge in [-0.25, -0.2) is 4.98 Å². The first-order chi connectivity index (χ1) is 15.1. The third-order valence-electron chi connectivity index (χ3n) is 4.57. The van der Waals surface area contributed by atoms with E-state index >= 15 is 0 Å². The standard InChI is InChI=1S/C20H20ClN5O4S/c1-28-17-10-16(26-6-8-29-9-7-26)15(11-22-17)18(27)23-19-24-25-20(31-19)30-12-13-2-4-14(21)5-3-13/h2-5,10-11H,6-9,12H2,1H3,(H,23,24,27). The van der Waals surface area contributed by atoms with Crippen LogP contribution in [0.25, 0.3) is 0 Å². The number of carbonyl (C=O) groups is 1. The van der Waals surface area contributed by atoms with Gasteiger partial charge in [-0.1, -0.05) is 28.8 Å². The lowest BCUT2D eigenvalue weighted by atomic mass is 10.2. The fourth-order valence-corrected chi connectivity index (χ4v) is 3.70. The fraction of sp³-hybridized carbons (Fsp3) is 0.300. The van der Waals surface area contributed by atoms with Crippen LogP contribution in [0.15, 0.2) is 36.5 Å². The highest BCUT2D eigenvalue weighted by Crippen LogP contribution is 2.28. The summed E-state index contributed by atoms with van der Waals surface area (Å²) < 4.78 is 16.3. The summed E-state index contributed by atoms with van der Waals surface area (Å²) in [6.45, 7) is 2.86. The predicted octanol–water partition coefficient (Wildman–Crippen LogP) is 3.26. The molecule has 0 spiro atoms. The normalized spacial score (nSPS) is 13.7. The van der Waals surface area contributed by atoms with E-state index in [-0.39, 0.29) is 5.91 Å². The first-order valence-electron chi connectivity index (χ1n) is 9.51. The van der Waals surface area contributed by atoms with Crippen LogP contribution in [-0.4, -0.2) is 54.5 Å². The molecule has 2 aromatic heterocycles. The van der Waals surface area contributed by atoms with Crippen molar-refractivity contribution in [1.82, 2.24) is 15.2 Å². The van der Waals surface area contributed by atoms with Crippen LogP contribution >= 0.6 is 22.9 Å². The molecule has 1 amide bonds. The average Bonchev–Trinajstić information content (AvgIpc) is 3.26. The molecule has 0 saturated carbocycles. The number of nitrogens with one attached hydrogen (secondary N) is 1. The number of amides is 1. The molecular weight excluding hydrogens is 442 g/mol. The van der Waals surface area contributed by atoms with Crippen molar-refractivity contribution in [1.29, 1.82) is 0 Å². The predicted molar refractivity (Wildman–Crippen MR) is 117 cm³/mol. The largest absolute Gasteiger partial charge is 0.481 e. The molecule has 9 nitrogen and oxygen atoms in total. The van der Waals surface area contributed by atoms with Crippen LogP contribution in [-0.2, 0) is 11.3 Å². The van der Waals surface area contributed by atoms with Gasteiger partial charge in [0.05, 0.1) is 31.6 Å². The van der Waals surface area contributed by atoms with Gasteiger partial charge in [-0.15, -0.1) is 5.10 Å². The monoisotopic (exact) mass is 461 g/mol. The Morgan fingerprint density at radius 3 is 2.77 bits per heavy atom. The molecule has 1 aliphatic heterocycles. The maximum absolute atomic E-state index is 12.9. The lowest BCUT2D eigenvalue weighted by molar-refractivity contribution is 0.102. The van der Waals surface area contributed by atoms with Gasteiger partial charge in [0.1, 0.15) is 6.61 Å². The minimum Gasteiger partial charge on any atom is -0.481 e. The molecule has 3 aromatic rings. The van der Waals surface area contributed by atoms with Gasteiger partial charge in [-0.3, -0.25) is 10.1 Å². The highest BCUT2D eigenvalue weighted by atomic mass is 35.5. The Morgan fingerprint density at radius 1 is 1.26 bits per heavy atom. The Balaban J connectivity index is 1.44. The topological polar surface area (TPSA) is 98.7 Å². The van der Waals surface area contributed by atoms with Gasteiger partial charge in [-0.05, 0) is 29.0 Å². The van der Waals surface area contributed by atoms with Gasteiger partial charge in [0, 0.05) is 30.4 Å². The highest BCUT2D eigenvalue weighted by Gasteiger charge is 2.21. The van der Waals surface area contributed by atoms with Gasteiger partial charge in [0.15, 0.2) is 0 Å². The third kappa shape index (κ3) is 5.40. The lowest BCUT2D eigenvalue weighted by Gasteiger charge is -2.30. The number of hydrogen-bond donors (Lipinski definition) is 1. The number of rotatable bonds is 7. The number of morpholine rings is 1. The number of hydrogen-bond acceptors (Lipinski definition) is 9. The number of anilines is 2. The number of benzene rings is 1. The van der Waals surface area contributed by atoms with Crippen molar-refractivity contribution in [3.63, 3.8) is 0 Å². The third-order valence-corrected chi connectivity index (χ3v) is 5.57. The SMILES string of the molecule is COc1cc(N2CCOCC2)c(C(=O)Nc2nnc(OCc3ccc(Cl)cc3)s2)cn1. The first kappa shape index (κ1) is 21.3. The van der Waals surface area contributed by atoms with Crippen LogP contribution in [0.5, 0.6) is 11.1 Å². The van der Waals surface area contributed by atoms with Crippen LogP contribution in [0.1, 0.15) is 15.9 Å². The molecule has 11 heteroatoms. The summed E-state index contributed by atoms with van der Waals surface area (Å²) in [6.07, 6.45) is 1.50. The lowest BCUT2D eigenvalue weighted by Crippen LogP contribution is -2.37. The van der Waals surface area contributed by atoms with Gasteiger partial charge in [0.2, 0.25) is 11.0 Å². The molecule has 1 N–H and O–H groups in total. The quantitative estimate of drug-likeness (QED) is 0.572. The Hall–Kier alpha value is -2.95. The summed E-state index contributed by atoms with van der Waals surface area (Å²) in [6, 6.07) is 9.08. The van der Waals surface area contributed by atoms with Crippen molar-refractivity contribution in [2.24, 2.45) is 0 Å². The van der Waals surface area contributed by atoms with Crippen molar-refractivity contribution in [2.75, 3.05) is 43.6 Å². The van der Waals surface area contributed by atoms with Crippen molar-refractivity contribution in [3.8, 4) is 11.1 Å². The Bertz CT molecular complexity index is 1040. The molecule has 0 atom stereocenters. The second-order valence-electron chi connectivity index (χ2n) is 6.59. The summed E-state index contributed by atoms with van der Waals surface area (Å²) in [7, 11) is 1.54. The molecule has 3 heterocycles. The molecular formula is C20H20ClN5O4S. The van der Waals surface area contributed by atoms with Crippen molar-refractivity contribution >= 4 is 39.7 Å². The molecule has 162 valence electrons. The summed E-state index contributed by atoms with van der Waals surface area (Å²) in [5.74, 6) is 0.101. The van der Waals surface area contributed by atoms with E-state index < -0.39 is 0 Å². The summed E-state index contributed by atoms with van der Waals surface area (Å²) in [4.78, 5) is 19.2. The highest BCUT2D eigenvalue weighted by molar-refractivity contribution is 7.17. The molecule has 0 aliphatic carbocycles. The minimum absolute atomic E-state index is 0.323. The number of halogens is 1. The van der Waals surface area contributed by atoms with E-state index in [2.05, 4.69) is 25.4 Å². The van der Waals surface area contributed by atoms with Gasteiger partial charge >= 0.3 is 0 Å². The van der Waals surface area contributed by atoms with Crippen LogP contribution in [0.4, 0.5) is 10.8 Å². The Morgan fingerprint density at radius 2 is 2.03 bits per heavy atom. The van der Waals surface area contributed by atoms with E-state index in [1.807, 2.05) is 12.1 Å². The number of carbonyl (C=O) groups excluding carboxylic acids is 1. The Kier molecular flexibility index (Phi) is 6.80. The van der Waals surface area contributed by atoms with E-state index in [1.165, 1.54) is 13.3 Å². The van der Waals surface area contributed by atoms with E-state index in [0.29, 0.717) is 59.7 Å².